The van der Waals surface area contributed by atoms with Gasteiger partial charge in [0.15, 0.2) is 0 Å². The molecule has 0 N–H and O–H groups in total. The molecule has 0 aromatic carbocycles. The Balaban J connectivity index is 2.33. The van der Waals surface area contributed by atoms with Crippen molar-refractivity contribution in [1.82, 2.24) is 5.06 Å². The maximum atomic E-state index is 11.3. The minimum atomic E-state index is -0.547. The maximum Gasteiger partial charge on any atom is 0.313 e. The van der Waals surface area contributed by atoms with E-state index in [1.165, 1.54) is 20.6 Å². The van der Waals surface area contributed by atoms with Gasteiger partial charge in [-0.3, -0.25) is 14.4 Å². The third kappa shape index (κ3) is 2.52. The Hall–Kier alpha value is -0.900. The van der Waals surface area contributed by atoms with E-state index in [-0.39, 0.29) is 5.78 Å². The average Bonchev–Trinajstić information content (AvgIpc) is 2.08. The lowest BCUT2D eigenvalue weighted by Crippen LogP contribution is -2.34. The number of ketones is 1. The van der Waals surface area contributed by atoms with Crippen LogP contribution in [0.4, 0.5) is 0 Å². The third-order valence-corrected chi connectivity index (χ3v) is 2.50. The van der Waals surface area contributed by atoms with Crippen molar-refractivity contribution in [3.8, 4) is 0 Å². The zero-order valence-corrected chi connectivity index (χ0v) is 8.08. The highest BCUT2D eigenvalue weighted by atomic mass is 16.7. The van der Waals surface area contributed by atoms with Gasteiger partial charge in [-0.1, -0.05) is 6.42 Å². The molecule has 0 bridgehead atoms. The predicted molar refractivity (Wildman–Crippen MR) is 46.7 cm³/mol. The lowest BCUT2D eigenvalue weighted by Gasteiger charge is -2.24. The lowest BCUT2D eigenvalue weighted by molar-refractivity contribution is -0.173. The molecule has 0 unspecified atom stereocenters. The van der Waals surface area contributed by atoms with Crippen LogP contribution in [0.25, 0.3) is 0 Å². The molecular formula is C9H15NO3. The summed E-state index contributed by atoms with van der Waals surface area (Å²) in [5.74, 6) is -0.454. The topological polar surface area (TPSA) is 46.6 Å². The Morgan fingerprint density at radius 1 is 1.46 bits per heavy atom. The monoisotopic (exact) mass is 185 g/mol. The van der Waals surface area contributed by atoms with Crippen molar-refractivity contribution in [3.05, 3.63) is 0 Å². The van der Waals surface area contributed by atoms with E-state index in [2.05, 4.69) is 4.84 Å². The van der Waals surface area contributed by atoms with Gasteiger partial charge in [0.2, 0.25) is 5.78 Å². The van der Waals surface area contributed by atoms with Crippen LogP contribution < -0.4 is 0 Å². The molecule has 1 fully saturated rings. The highest BCUT2D eigenvalue weighted by Gasteiger charge is 2.26. The van der Waals surface area contributed by atoms with Gasteiger partial charge in [0, 0.05) is 13.5 Å². The number of likely N-dealkylation sites (N-methyl/N-ethyl adjacent to an activating group) is 1. The van der Waals surface area contributed by atoms with Crippen LogP contribution in [0.2, 0.25) is 0 Å². The van der Waals surface area contributed by atoms with E-state index in [9.17, 15) is 9.59 Å². The Morgan fingerprint density at radius 3 is 2.46 bits per heavy atom. The molecule has 1 aliphatic rings. The molecule has 1 rings (SSSR count). The van der Waals surface area contributed by atoms with E-state index < -0.39 is 5.91 Å². The first kappa shape index (κ1) is 10.2. The molecular weight excluding hydrogens is 170 g/mol. The number of nitrogens with zero attached hydrogens (tertiary/aromatic N) is 1. The third-order valence-electron chi connectivity index (χ3n) is 2.50. The van der Waals surface area contributed by atoms with E-state index in [4.69, 9.17) is 0 Å². The van der Waals surface area contributed by atoms with E-state index in [0.717, 1.165) is 17.9 Å². The number of amides is 1. The standard InChI is InChI=1S/C9H15NO3/c1-10(13-2)9(12)8(11)6-7-4-3-5-7/h7H,3-6H2,1-2H3. The first-order valence-electron chi connectivity index (χ1n) is 4.50. The van der Waals surface area contributed by atoms with Gasteiger partial charge in [-0.15, -0.1) is 0 Å². The Labute approximate surface area is 77.8 Å². The zero-order valence-electron chi connectivity index (χ0n) is 8.08. The smallest absolute Gasteiger partial charge is 0.289 e. The molecule has 1 amide bonds. The normalized spacial score (nSPS) is 16.5. The molecule has 0 heterocycles. The van der Waals surface area contributed by atoms with Crippen molar-refractivity contribution >= 4 is 11.7 Å². The van der Waals surface area contributed by atoms with E-state index in [1.807, 2.05) is 0 Å². The molecule has 0 atom stereocenters. The number of carbonyl (C=O) groups excluding carboxylic acids is 2. The van der Waals surface area contributed by atoms with Crippen molar-refractivity contribution < 1.29 is 14.4 Å². The highest BCUT2D eigenvalue weighted by molar-refractivity contribution is 6.35. The van der Waals surface area contributed by atoms with Crippen molar-refractivity contribution in [2.45, 2.75) is 25.7 Å². The minimum absolute atomic E-state index is 0.339. The number of hydrogen-bond donors (Lipinski definition) is 0. The van der Waals surface area contributed by atoms with E-state index >= 15 is 0 Å². The van der Waals surface area contributed by atoms with Crippen LogP contribution in [0.3, 0.4) is 0 Å². The van der Waals surface area contributed by atoms with Gasteiger partial charge in [-0.2, -0.15) is 0 Å². The second-order valence-electron chi connectivity index (χ2n) is 3.41. The van der Waals surface area contributed by atoms with Gasteiger partial charge in [-0.05, 0) is 18.8 Å². The molecule has 0 aromatic rings. The summed E-state index contributed by atoms with van der Waals surface area (Å²) in [6.45, 7) is 0. The number of rotatable bonds is 4. The SMILES string of the molecule is CON(C)C(=O)C(=O)CC1CCC1. The molecule has 0 spiro atoms. The van der Waals surface area contributed by atoms with E-state index in [1.54, 1.807) is 0 Å². The lowest BCUT2D eigenvalue weighted by atomic mass is 9.82. The summed E-state index contributed by atoms with van der Waals surface area (Å²) < 4.78 is 0. The van der Waals surface area contributed by atoms with Crippen LogP contribution in [-0.4, -0.2) is 30.9 Å². The van der Waals surface area contributed by atoms with Gasteiger partial charge in [0.25, 0.3) is 0 Å². The van der Waals surface area contributed by atoms with Crippen LogP contribution >= 0.6 is 0 Å². The van der Waals surface area contributed by atoms with Gasteiger partial charge in [-0.25, -0.2) is 5.06 Å². The Kier molecular flexibility index (Phi) is 3.42. The van der Waals surface area contributed by atoms with Crippen LogP contribution in [0.1, 0.15) is 25.7 Å². The average molecular weight is 185 g/mol. The maximum absolute atomic E-state index is 11.3. The molecule has 1 aliphatic carbocycles. The van der Waals surface area contributed by atoms with Crippen LogP contribution in [0, 0.1) is 5.92 Å². The van der Waals surface area contributed by atoms with Gasteiger partial charge in [0.05, 0.1) is 7.11 Å². The van der Waals surface area contributed by atoms with Crippen LogP contribution in [0.5, 0.6) is 0 Å². The fourth-order valence-electron chi connectivity index (χ4n) is 1.30. The molecule has 1 saturated carbocycles. The van der Waals surface area contributed by atoms with Crippen molar-refractivity contribution in [2.75, 3.05) is 14.2 Å². The summed E-state index contributed by atoms with van der Waals surface area (Å²) in [6, 6.07) is 0. The van der Waals surface area contributed by atoms with Gasteiger partial charge >= 0.3 is 5.91 Å². The quantitative estimate of drug-likeness (QED) is 0.480. The Morgan fingerprint density at radius 2 is 2.08 bits per heavy atom. The number of hydroxylamine groups is 2. The van der Waals surface area contributed by atoms with Gasteiger partial charge in [0.1, 0.15) is 0 Å². The van der Waals surface area contributed by atoms with Crippen LogP contribution in [-0.2, 0) is 14.4 Å². The number of hydrogen-bond acceptors (Lipinski definition) is 3. The first-order chi connectivity index (χ1) is 6.15. The summed E-state index contributed by atoms with van der Waals surface area (Å²) >= 11 is 0. The molecule has 0 aromatic heterocycles. The molecule has 4 heteroatoms. The molecule has 0 saturated heterocycles. The second kappa shape index (κ2) is 4.37. The summed E-state index contributed by atoms with van der Waals surface area (Å²) in [4.78, 5) is 27.1. The summed E-state index contributed by atoms with van der Waals surface area (Å²) in [7, 11) is 2.82. The molecule has 13 heavy (non-hydrogen) atoms. The molecule has 74 valence electrons. The van der Waals surface area contributed by atoms with Crippen molar-refractivity contribution in [2.24, 2.45) is 5.92 Å². The number of Topliss-reactive ketones (excluding diaryl/α,β-unsaturated/α-hetero) is 1. The fourth-order valence-corrected chi connectivity index (χ4v) is 1.30. The largest absolute Gasteiger partial charge is 0.313 e. The fraction of sp³-hybridized carbons (Fsp3) is 0.778. The molecule has 0 aliphatic heterocycles. The summed E-state index contributed by atoms with van der Waals surface area (Å²) in [5.41, 5.74) is 0. The van der Waals surface area contributed by atoms with Crippen molar-refractivity contribution in [1.29, 1.82) is 0 Å². The van der Waals surface area contributed by atoms with Gasteiger partial charge < -0.3 is 0 Å². The predicted octanol–water partition coefficient (Wildman–Crippen LogP) is 0.765. The van der Waals surface area contributed by atoms with Crippen molar-refractivity contribution in [3.63, 3.8) is 0 Å². The second-order valence-corrected chi connectivity index (χ2v) is 3.41. The summed E-state index contributed by atoms with van der Waals surface area (Å²) in [6.07, 6.45) is 3.73. The number of carbonyl (C=O) groups is 2. The minimum Gasteiger partial charge on any atom is -0.289 e. The van der Waals surface area contributed by atoms with Crippen LogP contribution in [0.15, 0.2) is 0 Å². The summed E-state index contributed by atoms with van der Waals surface area (Å²) in [5, 5.41) is 0.973. The Bertz CT molecular complexity index is 211. The first-order valence-corrected chi connectivity index (χ1v) is 4.50. The highest BCUT2D eigenvalue weighted by Crippen LogP contribution is 2.29. The zero-order chi connectivity index (χ0) is 9.84. The molecule has 0 radical (unpaired) electrons. The molecule has 4 nitrogen and oxygen atoms in total. The van der Waals surface area contributed by atoms with E-state index in [0.29, 0.717) is 12.3 Å².